The van der Waals surface area contributed by atoms with Crippen LogP contribution in [0.4, 0.5) is 0 Å². The predicted octanol–water partition coefficient (Wildman–Crippen LogP) is 1.74. The van der Waals surface area contributed by atoms with Crippen LogP contribution in [-0.4, -0.2) is 0 Å². The van der Waals surface area contributed by atoms with Crippen LogP contribution in [0.2, 0.25) is 0 Å². The van der Waals surface area contributed by atoms with Gasteiger partial charge in [0.05, 0.1) is 0 Å². The van der Waals surface area contributed by atoms with Crippen molar-refractivity contribution in [2.75, 3.05) is 0 Å². The van der Waals surface area contributed by atoms with Crippen LogP contribution in [-0.2, 0) is 0 Å². The lowest BCUT2D eigenvalue weighted by Crippen LogP contribution is -2.02. The molecule has 0 saturated carbocycles. The Labute approximate surface area is 53.3 Å². The second-order valence-electron chi connectivity index (χ2n) is 1.43. The van der Waals surface area contributed by atoms with E-state index in [4.69, 9.17) is 11.6 Å². The van der Waals surface area contributed by atoms with Crippen molar-refractivity contribution < 1.29 is 0 Å². The Morgan fingerprint density at radius 2 is 2.38 bits per heavy atom. The SMILES string of the molecule is ClC=C1C=CC=CN1. The molecule has 0 radical (unpaired) electrons. The zero-order chi connectivity index (χ0) is 5.82. The predicted molar refractivity (Wildman–Crippen MR) is 35.4 cm³/mol. The number of allylic oxidation sites excluding steroid dienone is 3. The molecular formula is C6H6ClN. The van der Waals surface area contributed by atoms with Crippen molar-refractivity contribution >= 4 is 11.6 Å². The van der Waals surface area contributed by atoms with E-state index in [-0.39, 0.29) is 0 Å². The molecule has 0 spiro atoms. The van der Waals surface area contributed by atoms with Gasteiger partial charge in [0.15, 0.2) is 0 Å². The highest BCUT2D eigenvalue weighted by atomic mass is 35.5. The molecule has 2 heteroatoms. The number of hydrogen-bond donors (Lipinski definition) is 1. The van der Waals surface area contributed by atoms with Crippen molar-refractivity contribution in [1.29, 1.82) is 0 Å². The fourth-order valence-electron chi connectivity index (χ4n) is 0.475. The monoisotopic (exact) mass is 127 g/mol. The zero-order valence-electron chi connectivity index (χ0n) is 4.26. The summed E-state index contributed by atoms with van der Waals surface area (Å²) in [7, 11) is 0. The fourth-order valence-corrected chi connectivity index (χ4v) is 0.611. The summed E-state index contributed by atoms with van der Waals surface area (Å²) in [5.74, 6) is 0. The van der Waals surface area contributed by atoms with Gasteiger partial charge in [-0.1, -0.05) is 17.7 Å². The van der Waals surface area contributed by atoms with Gasteiger partial charge in [-0.25, -0.2) is 0 Å². The van der Waals surface area contributed by atoms with Crippen LogP contribution >= 0.6 is 11.6 Å². The summed E-state index contributed by atoms with van der Waals surface area (Å²) in [4.78, 5) is 0. The van der Waals surface area contributed by atoms with Crippen LogP contribution in [0, 0.1) is 0 Å². The third-order valence-corrected chi connectivity index (χ3v) is 1.09. The number of hydrogen-bond acceptors (Lipinski definition) is 1. The molecule has 8 heavy (non-hydrogen) atoms. The number of nitrogens with one attached hydrogen (secondary N) is 1. The van der Waals surface area contributed by atoms with Crippen molar-refractivity contribution in [1.82, 2.24) is 5.32 Å². The van der Waals surface area contributed by atoms with E-state index in [1.165, 1.54) is 5.54 Å². The summed E-state index contributed by atoms with van der Waals surface area (Å²) < 4.78 is 0. The first-order chi connectivity index (χ1) is 3.93. The molecule has 42 valence electrons. The van der Waals surface area contributed by atoms with E-state index in [1.54, 1.807) is 0 Å². The molecule has 0 aromatic heterocycles. The summed E-state index contributed by atoms with van der Waals surface area (Å²) in [5.41, 5.74) is 2.43. The summed E-state index contributed by atoms with van der Waals surface area (Å²) in [6.07, 6.45) is 7.55. The first-order valence-electron chi connectivity index (χ1n) is 2.33. The topological polar surface area (TPSA) is 12.0 Å². The Morgan fingerprint density at radius 1 is 1.50 bits per heavy atom. The molecule has 0 bridgehead atoms. The average Bonchev–Trinajstić information content (AvgIpc) is 1.90. The lowest BCUT2D eigenvalue weighted by molar-refractivity contribution is 1.10. The Morgan fingerprint density at radius 3 is 2.75 bits per heavy atom. The summed E-state index contributed by atoms with van der Waals surface area (Å²) in [6, 6.07) is 0. The van der Waals surface area contributed by atoms with Crippen LogP contribution in [0.15, 0.2) is 35.7 Å². The van der Waals surface area contributed by atoms with Gasteiger partial charge in [-0.3, -0.25) is 0 Å². The fraction of sp³-hybridized carbons (Fsp3) is 0. The van der Waals surface area contributed by atoms with Gasteiger partial charge in [-0.2, -0.15) is 0 Å². The molecule has 0 aromatic rings. The molecule has 1 N–H and O–H groups in total. The normalized spacial score (nSPS) is 21.4. The molecule has 0 unspecified atom stereocenters. The molecule has 0 atom stereocenters. The van der Waals surface area contributed by atoms with Crippen molar-refractivity contribution in [3.8, 4) is 0 Å². The molecular weight excluding hydrogens is 122 g/mol. The molecule has 1 heterocycles. The van der Waals surface area contributed by atoms with Gasteiger partial charge in [-0.15, -0.1) is 0 Å². The van der Waals surface area contributed by atoms with Crippen molar-refractivity contribution in [3.05, 3.63) is 35.7 Å². The van der Waals surface area contributed by atoms with Gasteiger partial charge in [0, 0.05) is 17.4 Å². The number of rotatable bonds is 0. The van der Waals surface area contributed by atoms with E-state index < -0.39 is 0 Å². The lowest BCUT2D eigenvalue weighted by atomic mass is 10.3. The minimum Gasteiger partial charge on any atom is -0.361 e. The maximum Gasteiger partial charge on any atom is 0.0494 e. The summed E-state index contributed by atoms with van der Waals surface area (Å²) in [5, 5.41) is 2.93. The van der Waals surface area contributed by atoms with Crippen LogP contribution in [0.5, 0.6) is 0 Å². The summed E-state index contributed by atoms with van der Waals surface area (Å²) in [6.45, 7) is 0. The first-order valence-corrected chi connectivity index (χ1v) is 2.77. The summed E-state index contributed by atoms with van der Waals surface area (Å²) >= 11 is 5.37. The standard InChI is InChI=1S/C6H6ClN/c7-5-6-3-1-2-4-8-6/h1-5,8H. The van der Waals surface area contributed by atoms with Crippen LogP contribution in [0.3, 0.4) is 0 Å². The molecule has 0 saturated heterocycles. The van der Waals surface area contributed by atoms with E-state index >= 15 is 0 Å². The largest absolute Gasteiger partial charge is 0.361 e. The molecule has 0 aliphatic carbocycles. The molecule has 1 nitrogen and oxygen atoms in total. The zero-order valence-corrected chi connectivity index (χ0v) is 5.02. The molecule has 0 fully saturated rings. The van der Waals surface area contributed by atoms with Crippen molar-refractivity contribution in [2.24, 2.45) is 0 Å². The highest BCUT2D eigenvalue weighted by Gasteiger charge is 1.86. The second kappa shape index (κ2) is 2.58. The third-order valence-electron chi connectivity index (χ3n) is 0.851. The maximum absolute atomic E-state index is 5.37. The highest BCUT2D eigenvalue weighted by Crippen LogP contribution is 1.98. The van der Waals surface area contributed by atoms with E-state index in [9.17, 15) is 0 Å². The first kappa shape index (κ1) is 5.45. The number of halogens is 1. The van der Waals surface area contributed by atoms with Gasteiger partial charge in [0.2, 0.25) is 0 Å². The highest BCUT2D eigenvalue weighted by molar-refractivity contribution is 6.25. The Balaban J connectivity index is 2.66. The van der Waals surface area contributed by atoms with Gasteiger partial charge in [0.1, 0.15) is 0 Å². The molecule has 1 aliphatic rings. The van der Waals surface area contributed by atoms with Crippen molar-refractivity contribution in [2.45, 2.75) is 0 Å². The van der Waals surface area contributed by atoms with Crippen LogP contribution in [0.25, 0.3) is 0 Å². The Hall–Kier alpha value is -0.690. The van der Waals surface area contributed by atoms with E-state index in [0.717, 1.165) is 5.70 Å². The van der Waals surface area contributed by atoms with Gasteiger partial charge in [0.25, 0.3) is 0 Å². The molecule has 0 amide bonds. The molecule has 1 rings (SSSR count). The van der Waals surface area contributed by atoms with Crippen LogP contribution in [0.1, 0.15) is 0 Å². The van der Waals surface area contributed by atoms with Crippen molar-refractivity contribution in [3.63, 3.8) is 0 Å². The molecule has 0 aromatic carbocycles. The van der Waals surface area contributed by atoms with E-state index in [2.05, 4.69) is 5.32 Å². The minimum absolute atomic E-state index is 0.925. The van der Waals surface area contributed by atoms with Gasteiger partial charge in [-0.05, 0) is 12.2 Å². The smallest absolute Gasteiger partial charge is 0.0494 e. The van der Waals surface area contributed by atoms with E-state index in [0.29, 0.717) is 0 Å². The van der Waals surface area contributed by atoms with Gasteiger partial charge < -0.3 is 5.32 Å². The lowest BCUT2D eigenvalue weighted by Gasteiger charge is -2.00. The Kier molecular flexibility index (Phi) is 1.75. The quantitative estimate of drug-likeness (QED) is 0.523. The van der Waals surface area contributed by atoms with Gasteiger partial charge >= 0.3 is 0 Å². The van der Waals surface area contributed by atoms with E-state index in [1.807, 2.05) is 24.4 Å². The van der Waals surface area contributed by atoms with Crippen LogP contribution < -0.4 is 5.32 Å². The molecule has 1 aliphatic heterocycles. The Bertz CT molecular complexity index is 156. The number of dihydropyridines is 1. The minimum atomic E-state index is 0.925. The average molecular weight is 128 g/mol. The maximum atomic E-state index is 5.37. The third kappa shape index (κ3) is 1.14. The second-order valence-corrected chi connectivity index (χ2v) is 1.65.